The molecule has 0 spiro atoms. The Morgan fingerprint density at radius 2 is 1.79 bits per heavy atom. The molecule has 42 heavy (non-hydrogen) atoms. The minimum atomic E-state index is -0.391. The number of urea groups is 1. The molecule has 3 N–H and O–H groups in total. The Kier molecular flexibility index (Phi) is 9.64. The molecule has 10 nitrogen and oxygen atoms in total. The van der Waals surface area contributed by atoms with E-state index >= 15 is 0 Å². The topological polar surface area (TPSA) is 126 Å². The second kappa shape index (κ2) is 13.0. The molecule has 6 rings (SSSR count). The molecule has 2 aliphatic rings. The summed E-state index contributed by atoms with van der Waals surface area (Å²) in [5.74, 6) is 0.761. The largest absolute Gasteiger partial charge is 0.439 e. The van der Waals surface area contributed by atoms with Crippen LogP contribution in [0.3, 0.4) is 0 Å². The van der Waals surface area contributed by atoms with Crippen molar-refractivity contribution < 1.29 is 19.1 Å². The molecule has 0 saturated heterocycles. The van der Waals surface area contributed by atoms with Gasteiger partial charge in [-0.25, -0.2) is 14.8 Å². The molecule has 4 heterocycles. The maximum absolute atomic E-state index is 13.5. The molecule has 13 heteroatoms. The second-order valence-electron chi connectivity index (χ2n) is 10.0. The average molecular weight is 625 g/mol. The zero-order valence-corrected chi connectivity index (χ0v) is 25.9. The summed E-state index contributed by atoms with van der Waals surface area (Å²) >= 11 is 1.25. The Morgan fingerprint density at radius 1 is 1.05 bits per heavy atom. The summed E-state index contributed by atoms with van der Waals surface area (Å²) < 4.78 is 5.86. The summed E-state index contributed by atoms with van der Waals surface area (Å²) in [5.41, 5.74) is 2.48. The van der Waals surface area contributed by atoms with Gasteiger partial charge in [0.05, 0.1) is 28.6 Å². The average Bonchev–Trinajstić information content (AvgIpc) is 3.29. The van der Waals surface area contributed by atoms with Gasteiger partial charge in [0.1, 0.15) is 15.5 Å². The van der Waals surface area contributed by atoms with E-state index in [1.807, 2.05) is 37.3 Å². The van der Waals surface area contributed by atoms with Crippen LogP contribution in [-0.2, 0) is 4.79 Å². The third-order valence-electron chi connectivity index (χ3n) is 7.13. The third kappa shape index (κ3) is 6.18. The number of nitrogens with one attached hydrogen (secondary N) is 3. The maximum atomic E-state index is 13.5. The van der Waals surface area contributed by atoms with Crippen molar-refractivity contribution in [2.45, 2.75) is 51.6 Å². The van der Waals surface area contributed by atoms with Crippen molar-refractivity contribution >= 4 is 83.5 Å². The third-order valence-corrected chi connectivity index (χ3v) is 8.23. The molecule has 220 valence electrons. The lowest BCUT2D eigenvalue weighted by molar-refractivity contribution is -0.119. The van der Waals surface area contributed by atoms with Crippen LogP contribution in [0.1, 0.15) is 47.8 Å². The summed E-state index contributed by atoms with van der Waals surface area (Å²) in [6.07, 6.45) is 6.56. The first-order valence-corrected chi connectivity index (χ1v) is 14.0. The van der Waals surface area contributed by atoms with E-state index in [0.29, 0.717) is 50.2 Å². The van der Waals surface area contributed by atoms with Gasteiger partial charge in [-0.1, -0.05) is 18.2 Å². The van der Waals surface area contributed by atoms with Crippen molar-refractivity contribution in [2.75, 3.05) is 10.2 Å². The molecule has 1 saturated carbocycles. The number of aryl methyl sites for hydroxylation is 1. The quantitative estimate of drug-likeness (QED) is 0.246. The zero-order valence-electron chi connectivity index (χ0n) is 23.1. The van der Waals surface area contributed by atoms with Crippen LogP contribution in [0.15, 0.2) is 54.9 Å². The molecule has 1 aliphatic carbocycles. The van der Waals surface area contributed by atoms with Gasteiger partial charge < -0.3 is 20.7 Å². The normalized spacial score (nSPS) is 17.4. The highest BCUT2D eigenvalue weighted by Gasteiger charge is 2.34. The van der Waals surface area contributed by atoms with Gasteiger partial charge in [0.2, 0.25) is 11.8 Å². The van der Waals surface area contributed by atoms with Crippen molar-refractivity contribution in [1.82, 2.24) is 20.6 Å². The molecule has 4 amide bonds. The molecule has 2 atom stereocenters. The van der Waals surface area contributed by atoms with Crippen molar-refractivity contribution in [2.24, 2.45) is 0 Å². The molecule has 0 bridgehead atoms. The standard InChI is InChI=1S/C29H28N6O4S.2H2S/c1-16-13-23(39-20-9-4-3-5-10-20)31-15-22(16)35-21-11-12-30-28-24(21)25(34-29(35)38)26(40-28)27(37)33-19-8-6-7-18(14-19)32-17(2)36;;/h3-5,9-13,15,18-19H,6-8,14H2,1-2H3,(H,32,36)(H,33,37)(H,34,38);2*1H2/t18-,19-;;/m0../s1. The van der Waals surface area contributed by atoms with Gasteiger partial charge in [-0.3, -0.25) is 14.5 Å². The van der Waals surface area contributed by atoms with Crippen LogP contribution in [-0.4, -0.2) is 39.9 Å². The summed E-state index contributed by atoms with van der Waals surface area (Å²) in [6.45, 7) is 3.39. The zero-order chi connectivity index (χ0) is 27.8. The van der Waals surface area contributed by atoms with Crippen molar-refractivity contribution in [3.8, 4) is 11.6 Å². The number of ether oxygens (including phenoxy) is 1. The molecule has 4 aromatic rings. The first kappa shape index (κ1) is 31.1. The Morgan fingerprint density at radius 3 is 2.50 bits per heavy atom. The highest BCUT2D eigenvalue weighted by atomic mass is 32.1. The number of benzene rings is 1. The van der Waals surface area contributed by atoms with E-state index in [0.717, 1.165) is 24.8 Å². The van der Waals surface area contributed by atoms with Crippen LogP contribution < -0.4 is 25.6 Å². The number of para-hydroxylation sites is 1. The Hall–Kier alpha value is -3.81. The van der Waals surface area contributed by atoms with Crippen LogP contribution in [0.2, 0.25) is 0 Å². The van der Waals surface area contributed by atoms with Gasteiger partial charge in [-0.05, 0) is 56.4 Å². The number of nitrogens with zero attached hydrogens (tertiary/aromatic N) is 3. The van der Waals surface area contributed by atoms with Crippen molar-refractivity contribution in [3.05, 3.63) is 65.3 Å². The van der Waals surface area contributed by atoms with Crippen LogP contribution in [0.25, 0.3) is 10.2 Å². The second-order valence-corrected chi connectivity index (χ2v) is 11.0. The van der Waals surface area contributed by atoms with Gasteiger partial charge >= 0.3 is 6.03 Å². The van der Waals surface area contributed by atoms with E-state index in [1.165, 1.54) is 18.3 Å². The van der Waals surface area contributed by atoms with Crippen molar-refractivity contribution in [3.63, 3.8) is 0 Å². The predicted molar refractivity (Wildman–Crippen MR) is 174 cm³/mol. The highest BCUT2D eigenvalue weighted by Crippen LogP contribution is 2.46. The van der Waals surface area contributed by atoms with E-state index in [1.54, 1.807) is 29.4 Å². The smallest absolute Gasteiger partial charge is 0.331 e. The SMILES string of the molecule is CC(=O)N[C@H]1CCC[C@H](NC(=O)c2sc3nccc4c3c2NC(=O)N4c2cnc(Oc3ccccc3)cc2C)C1.S.S. The summed E-state index contributed by atoms with van der Waals surface area (Å²) in [7, 11) is 0. The number of hydrogen-bond acceptors (Lipinski definition) is 7. The molecule has 1 fully saturated rings. The summed E-state index contributed by atoms with van der Waals surface area (Å²) in [4.78, 5) is 50.0. The molecule has 0 unspecified atom stereocenters. The lowest BCUT2D eigenvalue weighted by atomic mass is 9.91. The Bertz CT molecular complexity index is 1630. The Balaban J connectivity index is 0.00000202. The summed E-state index contributed by atoms with van der Waals surface area (Å²) in [6, 6.07) is 12.5. The van der Waals surface area contributed by atoms with Crippen LogP contribution >= 0.6 is 38.3 Å². The number of hydrogen-bond donors (Lipinski definition) is 3. The van der Waals surface area contributed by atoms with Gasteiger partial charge in [0.15, 0.2) is 0 Å². The number of amides is 4. The maximum Gasteiger partial charge on any atom is 0.331 e. The molecule has 1 aliphatic heterocycles. The number of carbonyl (C=O) groups excluding carboxylic acids is 3. The first-order chi connectivity index (χ1) is 19.4. The van der Waals surface area contributed by atoms with E-state index in [-0.39, 0.29) is 50.9 Å². The summed E-state index contributed by atoms with van der Waals surface area (Å²) in [5, 5.41) is 9.72. The number of anilines is 3. The highest BCUT2D eigenvalue weighted by molar-refractivity contribution is 7.59. The lowest BCUT2D eigenvalue weighted by Gasteiger charge is -2.30. The molecular weight excluding hydrogens is 593 g/mol. The Labute approximate surface area is 261 Å². The predicted octanol–water partition coefficient (Wildman–Crippen LogP) is 5.88. The fourth-order valence-corrected chi connectivity index (χ4v) is 6.42. The number of carbonyl (C=O) groups is 3. The van der Waals surface area contributed by atoms with Crippen LogP contribution in [0.4, 0.5) is 21.9 Å². The van der Waals surface area contributed by atoms with E-state index in [4.69, 9.17) is 4.74 Å². The minimum Gasteiger partial charge on any atom is -0.439 e. The lowest BCUT2D eigenvalue weighted by Crippen LogP contribution is -2.45. The number of rotatable bonds is 6. The number of pyridine rings is 2. The minimum absolute atomic E-state index is 0. The van der Waals surface area contributed by atoms with E-state index < -0.39 is 6.03 Å². The number of thiophene rings is 1. The van der Waals surface area contributed by atoms with E-state index in [2.05, 4.69) is 25.9 Å². The van der Waals surface area contributed by atoms with E-state index in [9.17, 15) is 14.4 Å². The molecule has 0 radical (unpaired) electrons. The van der Waals surface area contributed by atoms with Crippen molar-refractivity contribution in [1.29, 1.82) is 0 Å². The molecular formula is C29H32N6O4S3. The van der Waals surface area contributed by atoms with Crippen LogP contribution in [0.5, 0.6) is 11.6 Å². The number of aromatic nitrogens is 2. The van der Waals surface area contributed by atoms with Gasteiger partial charge in [-0.2, -0.15) is 27.0 Å². The van der Waals surface area contributed by atoms with Gasteiger partial charge in [0.25, 0.3) is 5.91 Å². The first-order valence-electron chi connectivity index (χ1n) is 13.2. The van der Waals surface area contributed by atoms with Gasteiger partial charge in [0, 0.05) is 31.3 Å². The monoisotopic (exact) mass is 624 g/mol. The van der Waals surface area contributed by atoms with Crippen LogP contribution in [0, 0.1) is 6.92 Å². The van der Waals surface area contributed by atoms with Gasteiger partial charge in [-0.15, -0.1) is 11.3 Å². The molecule has 3 aromatic heterocycles. The fourth-order valence-electron chi connectivity index (χ4n) is 5.40. The fraction of sp³-hybridized carbons (Fsp3) is 0.276. The molecule has 1 aromatic carbocycles.